The molecule has 0 aromatic rings. The van der Waals surface area contributed by atoms with E-state index < -0.39 is 23.8 Å². The van der Waals surface area contributed by atoms with Crippen LogP contribution in [0.2, 0.25) is 0 Å². The molecule has 1 heterocycles. The fraction of sp³-hybridized carbons (Fsp3) is 0.500. The van der Waals surface area contributed by atoms with Gasteiger partial charge in [-0.25, -0.2) is 4.79 Å². The largest absolute Gasteiger partial charge is 0.481 e. The van der Waals surface area contributed by atoms with Crippen LogP contribution in [-0.4, -0.2) is 38.4 Å². The second-order valence-corrected chi connectivity index (χ2v) is 3.45. The van der Waals surface area contributed by atoms with Crippen molar-refractivity contribution in [3.63, 3.8) is 0 Å². The first-order valence-corrected chi connectivity index (χ1v) is 5.73. The Morgan fingerprint density at radius 1 is 1.38 bits per heavy atom. The van der Waals surface area contributed by atoms with Crippen LogP contribution in [0.3, 0.4) is 0 Å². The number of amides is 2. The molecule has 0 aromatic heterocycles. The number of hydrogen-bond donors (Lipinski definition) is 1. The number of carboxylic acid groups (broad SMARTS) is 1. The van der Waals surface area contributed by atoms with Gasteiger partial charge in [0.15, 0.2) is 0 Å². The molecule has 0 bridgehead atoms. The molecule has 0 unspecified atom stereocenters. The maximum atomic E-state index is 10.7. The van der Waals surface area contributed by atoms with E-state index in [9.17, 15) is 19.2 Å². The Hall–Kier alpha value is -1.19. The summed E-state index contributed by atoms with van der Waals surface area (Å²) in [5.74, 6) is -2.32. The minimum absolute atomic E-state index is 0.131. The van der Waals surface area contributed by atoms with Gasteiger partial charge in [-0.1, -0.05) is 22.6 Å². The third-order valence-electron chi connectivity index (χ3n) is 1.34. The van der Waals surface area contributed by atoms with Gasteiger partial charge in [-0.05, 0) is 0 Å². The number of hydrogen-bond acceptors (Lipinski definition) is 5. The van der Waals surface area contributed by atoms with Crippen molar-refractivity contribution in [2.75, 3.05) is 4.43 Å². The molecule has 16 heavy (non-hydrogen) atoms. The monoisotopic (exact) mass is 343 g/mol. The standard InChI is InChI=1S/C6H7NO4.C2H3IO2/c1-4(8)11-7-5(9)2-3-6(7)10;3-1-2(4)5/h2-3H2,1H3;1H2,(H,4,5). The smallest absolute Gasteiger partial charge is 0.330 e. The van der Waals surface area contributed by atoms with Gasteiger partial charge in [0, 0.05) is 19.8 Å². The highest BCUT2D eigenvalue weighted by Gasteiger charge is 2.31. The van der Waals surface area contributed by atoms with Crippen LogP contribution in [-0.2, 0) is 24.0 Å². The average molecular weight is 343 g/mol. The molecule has 7 nitrogen and oxygen atoms in total. The normalized spacial score (nSPS) is 14.2. The van der Waals surface area contributed by atoms with E-state index in [1.165, 1.54) is 0 Å². The van der Waals surface area contributed by atoms with Crippen LogP contribution in [0.15, 0.2) is 0 Å². The van der Waals surface area contributed by atoms with Crippen molar-refractivity contribution in [3.8, 4) is 0 Å². The van der Waals surface area contributed by atoms with E-state index in [1.807, 2.05) is 0 Å². The molecule has 90 valence electrons. The second kappa shape index (κ2) is 7.14. The number of aliphatic carboxylic acids is 1. The van der Waals surface area contributed by atoms with E-state index >= 15 is 0 Å². The minimum Gasteiger partial charge on any atom is -0.481 e. The Morgan fingerprint density at radius 3 is 2.00 bits per heavy atom. The molecular formula is C8H10INO6. The van der Waals surface area contributed by atoms with Crippen LogP contribution < -0.4 is 0 Å². The molecule has 0 spiro atoms. The zero-order chi connectivity index (χ0) is 12.7. The lowest BCUT2D eigenvalue weighted by molar-refractivity contribution is -0.195. The fourth-order valence-electron chi connectivity index (χ4n) is 0.786. The summed E-state index contributed by atoms with van der Waals surface area (Å²) in [4.78, 5) is 45.5. The van der Waals surface area contributed by atoms with Gasteiger partial charge in [-0.2, -0.15) is 0 Å². The van der Waals surface area contributed by atoms with Crippen molar-refractivity contribution < 1.29 is 29.1 Å². The van der Waals surface area contributed by atoms with E-state index in [2.05, 4.69) is 4.84 Å². The van der Waals surface area contributed by atoms with E-state index in [1.54, 1.807) is 22.6 Å². The summed E-state index contributed by atoms with van der Waals surface area (Å²) < 4.78 is 0.192. The number of carbonyl (C=O) groups is 4. The zero-order valence-electron chi connectivity index (χ0n) is 8.43. The van der Waals surface area contributed by atoms with Crippen molar-refractivity contribution >= 4 is 46.3 Å². The highest BCUT2D eigenvalue weighted by atomic mass is 127. The first-order chi connectivity index (χ1) is 7.38. The number of carboxylic acids is 1. The molecule has 0 aliphatic carbocycles. The van der Waals surface area contributed by atoms with Crippen molar-refractivity contribution in [1.29, 1.82) is 0 Å². The zero-order valence-corrected chi connectivity index (χ0v) is 10.6. The van der Waals surface area contributed by atoms with Gasteiger partial charge in [0.05, 0.1) is 4.43 Å². The van der Waals surface area contributed by atoms with Crippen LogP contribution in [0.25, 0.3) is 0 Å². The Balaban J connectivity index is 0.000000385. The summed E-state index contributed by atoms with van der Waals surface area (Å²) in [7, 11) is 0. The summed E-state index contributed by atoms with van der Waals surface area (Å²) in [5, 5.41) is 8.23. The molecule has 1 saturated heterocycles. The van der Waals surface area contributed by atoms with Gasteiger partial charge in [-0.15, -0.1) is 5.06 Å². The maximum absolute atomic E-state index is 10.7. The van der Waals surface area contributed by atoms with E-state index in [0.717, 1.165) is 6.92 Å². The average Bonchev–Trinajstić information content (AvgIpc) is 2.50. The molecule has 1 aliphatic heterocycles. The highest BCUT2D eigenvalue weighted by molar-refractivity contribution is 14.1. The summed E-state index contributed by atoms with van der Waals surface area (Å²) in [5.41, 5.74) is 0. The molecule has 0 atom stereocenters. The van der Waals surface area contributed by atoms with Crippen LogP contribution in [0.1, 0.15) is 19.8 Å². The molecule has 0 radical (unpaired) electrons. The predicted octanol–water partition coefficient (Wildman–Crippen LogP) is 0.119. The van der Waals surface area contributed by atoms with E-state index in [0.29, 0.717) is 5.06 Å². The summed E-state index contributed by atoms with van der Waals surface area (Å²) in [6.07, 6.45) is 0.262. The second-order valence-electron chi connectivity index (χ2n) is 2.69. The number of nitrogens with zero attached hydrogens (tertiary/aromatic N) is 1. The lowest BCUT2D eigenvalue weighted by Gasteiger charge is -2.09. The minimum atomic E-state index is -0.759. The van der Waals surface area contributed by atoms with Crippen molar-refractivity contribution in [2.45, 2.75) is 19.8 Å². The van der Waals surface area contributed by atoms with Crippen LogP contribution >= 0.6 is 22.6 Å². The van der Waals surface area contributed by atoms with Gasteiger partial charge in [-0.3, -0.25) is 14.4 Å². The molecule has 8 heteroatoms. The summed E-state index contributed by atoms with van der Waals surface area (Å²) in [6.45, 7) is 1.14. The Morgan fingerprint density at radius 2 is 1.75 bits per heavy atom. The van der Waals surface area contributed by atoms with Gasteiger partial charge < -0.3 is 9.94 Å². The Kier molecular flexibility index (Phi) is 6.61. The van der Waals surface area contributed by atoms with Crippen LogP contribution in [0.4, 0.5) is 0 Å². The third kappa shape index (κ3) is 5.63. The summed E-state index contributed by atoms with van der Waals surface area (Å²) in [6, 6.07) is 0. The van der Waals surface area contributed by atoms with Crippen LogP contribution in [0.5, 0.6) is 0 Å². The quantitative estimate of drug-likeness (QED) is 0.434. The first-order valence-electron chi connectivity index (χ1n) is 4.20. The highest BCUT2D eigenvalue weighted by Crippen LogP contribution is 2.11. The number of halogens is 1. The first kappa shape index (κ1) is 14.8. The fourth-order valence-corrected chi connectivity index (χ4v) is 0.786. The van der Waals surface area contributed by atoms with Gasteiger partial charge in [0.1, 0.15) is 0 Å². The van der Waals surface area contributed by atoms with Gasteiger partial charge >= 0.3 is 11.9 Å². The number of carbonyl (C=O) groups excluding carboxylic acids is 3. The lowest BCUT2D eigenvalue weighted by atomic mass is 10.4. The number of imide groups is 1. The SMILES string of the molecule is CC(=O)ON1C(=O)CCC1=O.O=C(O)CI. The molecular weight excluding hydrogens is 333 g/mol. The lowest BCUT2D eigenvalue weighted by Crippen LogP contribution is -2.30. The third-order valence-corrected chi connectivity index (χ3v) is 1.99. The van der Waals surface area contributed by atoms with Gasteiger partial charge in [0.2, 0.25) is 0 Å². The van der Waals surface area contributed by atoms with E-state index in [4.69, 9.17) is 5.11 Å². The molecule has 1 aliphatic rings. The summed E-state index contributed by atoms with van der Waals surface area (Å²) >= 11 is 1.78. The Labute approximate surface area is 105 Å². The number of rotatable bonds is 2. The molecule has 1 rings (SSSR count). The topological polar surface area (TPSA) is 101 Å². The maximum Gasteiger partial charge on any atom is 0.330 e. The van der Waals surface area contributed by atoms with Gasteiger partial charge in [0.25, 0.3) is 11.8 Å². The number of alkyl halides is 1. The number of hydroxylamine groups is 2. The molecule has 0 aromatic carbocycles. The van der Waals surface area contributed by atoms with Crippen molar-refractivity contribution in [1.82, 2.24) is 5.06 Å². The van der Waals surface area contributed by atoms with Crippen molar-refractivity contribution in [3.05, 3.63) is 0 Å². The molecule has 2 amide bonds. The van der Waals surface area contributed by atoms with Crippen molar-refractivity contribution in [2.24, 2.45) is 0 Å². The molecule has 1 fully saturated rings. The Bertz CT molecular complexity index is 300. The predicted molar refractivity (Wildman–Crippen MR) is 59.4 cm³/mol. The van der Waals surface area contributed by atoms with E-state index in [-0.39, 0.29) is 17.3 Å². The molecule has 0 saturated carbocycles. The van der Waals surface area contributed by atoms with Crippen LogP contribution in [0, 0.1) is 0 Å². The molecule has 1 N–H and O–H groups in total.